The molecule has 0 aromatic heterocycles. The number of rotatable bonds is 7. The molecule has 0 amide bonds. The number of nitrogens with two attached hydrogens (primary N) is 1. The summed E-state index contributed by atoms with van der Waals surface area (Å²) in [5, 5.41) is 0. The SMILES string of the molecule is CCCCCOCC(N)C(=O)OC. The van der Waals surface area contributed by atoms with Crippen LogP contribution in [0.2, 0.25) is 0 Å². The van der Waals surface area contributed by atoms with E-state index < -0.39 is 12.0 Å². The molecule has 0 aromatic carbocycles. The van der Waals surface area contributed by atoms with Crippen LogP contribution in [0.4, 0.5) is 0 Å². The largest absolute Gasteiger partial charge is 0.468 e. The van der Waals surface area contributed by atoms with E-state index in [4.69, 9.17) is 10.5 Å². The van der Waals surface area contributed by atoms with E-state index in [0.717, 1.165) is 19.3 Å². The molecule has 0 heterocycles. The average molecular weight is 189 g/mol. The monoisotopic (exact) mass is 189 g/mol. The zero-order valence-electron chi connectivity index (χ0n) is 8.41. The Labute approximate surface area is 79.4 Å². The molecule has 0 aliphatic heterocycles. The molecule has 0 fully saturated rings. The Morgan fingerprint density at radius 3 is 2.69 bits per heavy atom. The number of ether oxygens (including phenoxy) is 2. The normalized spacial score (nSPS) is 12.5. The molecular formula is C9H19NO3. The summed E-state index contributed by atoms with van der Waals surface area (Å²) in [7, 11) is 1.32. The van der Waals surface area contributed by atoms with Crippen LogP contribution in [0.3, 0.4) is 0 Å². The zero-order valence-corrected chi connectivity index (χ0v) is 8.41. The summed E-state index contributed by atoms with van der Waals surface area (Å²) in [5.74, 6) is -0.421. The van der Waals surface area contributed by atoms with Crippen molar-refractivity contribution in [2.75, 3.05) is 20.3 Å². The van der Waals surface area contributed by atoms with Crippen LogP contribution in [-0.4, -0.2) is 32.3 Å². The molecule has 0 radical (unpaired) electrons. The molecule has 4 nitrogen and oxygen atoms in total. The highest BCUT2D eigenvalue weighted by molar-refractivity contribution is 5.75. The number of hydrogen-bond donors (Lipinski definition) is 1. The minimum absolute atomic E-state index is 0.246. The number of unbranched alkanes of at least 4 members (excludes halogenated alkanes) is 2. The third-order valence-corrected chi connectivity index (χ3v) is 1.69. The van der Waals surface area contributed by atoms with Crippen LogP contribution < -0.4 is 5.73 Å². The molecule has 4 heteroatoms. The maximum absolute atomic E-state index is 10.8. The van der Waals surface area contributed by atoms with E-state index in [1.807, 2.05) is 0 Å². The Morgan fingerprint density at radius 2 is 2.15 bits per heavy atom. The summed E-state index contributed by atoms with van der Waals surface area (Å²) >= 11 is 0. The summed E-state index contributed by atoms with van der Waals surface area (Å²) in [6.07, 6.45) is 3.32. The fourth-order valence-electron chi connectivity index (χ4n) is 0.884. The van der Waals surface area contributed by atoms with Crippen molar-refractivity contribution in [1.82, 2.24) is 0 Å². The highest BCUT2D eigenvalue weighted by Gasteiger charge is 2.12. The van der Waals surface area contributed by atoms with Gasteiger partial charge in [0.05, 0.1) is 13.7 Å². The third-order valence-electron chi connectivity index (χ3n) is 1.69. The topological polar surface area (TPSA) is 61.5 Å². The van der Waals surface area contributed by atoms with Crippen LogP contribution in [0.1, 0.15) is 26.2 Å². The lowest BCUT2D eigenvalue weighted by Crippen LogP contribution is -2.36. The van der Waals surface area contributed by atoms with Crippen molar-refractivity contribution in [3.05, 3.63) is 0 Å². The molecule has 0 aliphatic rings. The predicted molar refractivity (Wildman–Crippen MR) is 50.3 cm³/mol. The van der Waals surface area contributed by atoms with Gasteiger partial charge in [-0.05, 0) is 6.42 Å². The first-order valence-electron chi connectivity index (χ1n) is 4.63. The Kier molecular flexibility index (Phi) is 7.63. The van der Waals surface area contributed by atoms with Gasteiger partial charge >= 0.3 is 5.97 Å². The first-order chi connectivity index (χ1) is 6.22. The van der Waals surface area contributed by atoms with Gasteiger partial charge in [0.2, 0.25) is 0 Å². The van der Waals surface area contributed by atoms with E-state index in [-0.39, 0.29) is 6.61 Å². The average Bonchev–Trinajstić information content (AvgIpc) is 2.16. The molecule has 0 rings (SSSR count). The van der Waals surface area contributed by atoms with Gasteiger partial charge in [0.1, 0.15) is 6.04 Å². The van der Waals surface area contributed by atoms with Crippen LogP contribution in [0.15, 0.2) is 0 Å². The first-order valence-corrected chi connectivity index (χ1v) is 4.63. The molecular weight excluding hydrogens is 170 g/mol. The number of carbonyl (C=O) groups excluding carboxylic acids is 1. The third kappa shape index (κ3) is 6.54. The lowest BCUT2D eigenvalue weighted by atomic mass is 10.3. The maximum atomic E-state index is 10.8. The van der Waals surface area contributed by atoms with Gasteiger partial charge in [-0.3, -0.25) is 4.79 Å². The van der Waals surface area contributed by atoms with Gasteiger partial charge in [0.15, 0.2) is 0 Å². The maximum Gasteiger partial charge on any atom is 0.325 e. The van der Waals surface area contributed by atoms with E-state index in [1.54, 1.807) is 0 Å². The molecule has 0 aromatic rings. The lowest BCUT2D eigenvalue weighted by Gasteiger charge is -2.09. The lowest BCUT2D eigenvalue weighted by molar-refractivity contribution is -0.143. The molecule has 1 atom stereocenters. The number of methoxy groups -OCH3 is 1. The van der Waals surface area contributed by atoms with Gasteiger partial charge < -0.3 is 15.2 Å². The summed E-state index contributed by atoms with van der Waals surface area (Å²) in [4.78, 5) is 10.8. The van der Waals surface area contributed by atoms with E-state index >= 15 is 0 Å². The second-order valence-electron chi connectivity index (χ2n) is 2.91. The summed E-state index contributed by atoms with van der Waals surface area (Å²) in [6.45, 7) is 3.04. The second-order valence-corrected chi connectivity index (χ2v) is 2.91. The Balaban J connectivity index is 3.26. The van der Waals surface area contributed by atoms with E-state index in [9.17, 15) is 4.79 Å². The van der Waals surface area contributed by atoms with E-state index in [0.29, 0.717) is 6.61 Å². The van der Waals surface area contributed by atoms with Crippen LogP contribution in [0.5, 0.6) is 0 Å². The quantitative estimate of drug-likeness (QED) is 0.473. The zero-order chi connectivity index (χ0) is 10.1. The van der Waals surface area contributed by atoms with Gasteiger partial charge in [0, 0.05) is 6.61 Å². The molecule has 0 saturated heterocycles. The fraction of sp³-hybridized carbons (Fsp3) is 0.889. The number of carbonyl (C=O) groups is 1. The molecule has 13 heavy (non-hydrogen) atoms. The number of hydrogen-bond acceptors (Lipinski definition) is 4. The smallest absolute Gasteiger partial charge is 0.325 e. The summed E-state index contributed by atoms with van der Waals surface area (Å²) < 4.78 is 9.64. The van der Waals surface area contributed by atoms with Crippen molar-refractivity contribution >= 4 is 5.97 Å². The Morgan fingerprint density at radius 1 is 1.46 bits per heavy atom. The van der Waals surface area contributed by atoms with Crippen LogP contribution >= 0.6 is 0 Å². The van der Waals surface area contributed by atoms with Crippen LogP contribution in [0, 0.1) is 0 Å². The Bertz CT molecular complexity index is 139. The minimum atomic E-state index is -0.647. The Hall–Kier alpha value is -0.610. The van der Waals surface area contributed by atoms with Crippen molar-refractivity contribution in [3.63, 3.8) is 0 Å². The van der Waals surface area contributed by atoms with Crippen LogP contribution in [0.25, 0.3) is 0 Å². The van der Waals surface area contributed by atoms with Gasteiger partial charge in [-0.1, -0.05) is 19.8 Å². The van der Waals surface area contributed by atoms with Crippen molar-refractivity contribution in [2.45, 2.75) is 32.2 Å². The van der Waals surface area contributed by atoms with Gasteiger partial charge in [0.25, 0.3) is 0 Å². The predicted octanol–water partition coefficient (Wildman–Crippen LogP) is 0.693. The van der Waals surface area contributed by atoms with Gasteiger partial charge in [-0.15, -0.1) is 0 Å². The van der Waals surface area contributed by atoms with Crippen molar-refractivity contribution in [1.29, 1.82) is 0 Å². The first kappa shape index (κ1) is 12.4. The summed E-state index contributed by atoms with van der Waals surface area (Å²) in [5.41, 5.74) is 5.44. The van der Waals surface area contributed by atoms with Crippen molar-refractivity contribution in [3.8, 4) is 0 Å². The van der Waals surface area contributed by atoms with E-state index in [1.165, 1.54) is 7.11 Å². The van der Waals surface area contributed by atoms with Gasteiger partial charge in [-0.2, -0.15) is 0 Å². The fourth-order valence-corrected chi connectivity index (χ4v) is 0.884. The molecule has 0 bridgehead atoms. The highest BCUT2D eigenvalue weighted by atomic mass is 16.5. The number of esters is 1. The minimum Gasteiger partial charge on any atom is -0.468 e. The van der Waals surface area contributed by atoms with Crippen molar-refractivity contribution < 1.29 is 14.3 Å². The summed E-state index contributed by atoms with van der Waals surface area (Å²) in [6, 6.07) is -0.647. The molecule has 78 valence electrons. The molecule has 0 aliphatic carbocycles. The second kappa shape index (κ2) is 8.01. The van der Waals surface area contributed by atoms with Crippen LogP contribution in [-0.2, 0) is 14.3 Å². The molecule has 0 spiro atoms. The molecule has 1 unspecified atom stereocenters. The van der Waals surface area contributed by atoms with E-state index in [2.05, 4.69) is 11.7 Å². The van der Waals surface area contributed by atoms with Crippen molar-refractivity contribution in [2.24, 2.45) is 5.73 Å². The molecule has 0 saturated carbocycles. The standard InChI is InChI=1S/C9H19NO3/c1-3-4-5-6-13-7-8(10)9(11)12-2/h8H,3-7,10H2,1-2H3. The molecule has 2 N–H and O–H groups in total. The highest BCUT2D eigenvalue weighted by Crippen LogP contribution is 1.95. The van der Waals surface area contributed by atoms with Gasteiger partial charge in [-0.25, -0.2) is 0 Å².